The molecule has 0 saturated carbocycles. The number of hydrogen-bond donors (Lipinski definition) is 0. The van der Waals surface area contributed by atoms with E-state index in [1.54, 1.807) is 24.3 Å². The highest BCUT2D eigenvalue weighted by Crippen LogP contribution is 2.24. The van der Waals surface area contributed by atoms with Crippen LogP contribution in [-0.2, 0) is 0 Å². The minimum atomic E-state index is -0.0212. The first-order valence-electron chi connectivity index (χ1n) is 8.21. The molecule has 1 heterocycles. The summed E-state index contributed by atoms with van der Waals surface area (Å²) >= 11 is 5.87. The number of benzene rings is 2. The third-order valence-corrected chi connectivity index (χ3v) is 4.91. The van der Waals surface area contributed by atoms with Crippen LogP contribution in [0.15, 0.2) is 48.5 Å². The van der Waals surface area contributed by atoms with Gasteiger partial charge in [-0.2, -0.15) is 0 Å². The smallest absolute Gasteiger partial charge is 0.254 e. The van der Waals surface area contributed by atoms with Gasteiger partial charge in [-0.25, -0.2) is 0 Å². The second kappa shape index (κ2) is 7.18. The van der Waals surface area contributed by atoms with Gasteiger partial charge in [0.15, 0.2) is 5.78 Å². The molecule has 0 aromatic heterocycles. The summed E-state index contributed by atoms with van der Waals surface area (Å²) in [5, 5.41) is 0.630. The molecule has 2 aromatic rings. The molecular weight excluding hydrogens is 322 g/mol. The van der Waals surface area contributed by atoms with Gasteiger partial charge < -0.3 is 4.90 Å². The summed E-state index contributed by atoms with van der Waals surface area (Å²) in [7, 11) is 0. The quantitative estimate of drug-likeness (QED) is 0.777. The standard InChI is InChI=1S/C20H20ClNO2/c1-14-4-2-3-5-18(14)20(24)22-12-10-16(11-13-22)19(23)15-6-8-17(21)9-7-15/h2-9,16H,10-13H2,1H3. The Morgan fingerprint density at radius 1 is 1.00 bits per heavy atom. The van der Waals surface area contributed by atoms with Gasteiger partial charge in [0, 0.05) is 35.2 Å². The Morgan fingerprint density at radius 2 is 1.62 bits per heavy atom. The van der Waals surface area contributed by atoms with E-state index in [0.717, 1.165) is 11.1 Å². The molecule has 3 rings (SSSR count). The summed E-state index contributed by atoms with van der Waals surface area (Å²) in [5.74, 6) is 0.187. The maximum atomic E-state index is 12.6. The van der Waals surface area contributed by atoms with Crippen LogP contribution in [0.2, 0.25) is 5.02 Å². The number of aryl methyl sites for hydroxylation is 1. The molecule has 0 aliphatic carbocycles. The van der Waals surface area contributed by atoms with Gasteiger partial charge in [-0.1, -0.05) is 29.8 Å². The molecule has 124 valence electrons. The molecule has 24 heavy (non-hydrogen) atoms. The SMILES string of the molecule is Cc1ccccc1C(=O)N1CCC(C(=O)c2ccc(Cl)cc2)CC1. The number of carbonyl (C=O) groups excluding carboxylic acids is 2. The number of amides is 1. The van der Waals surface area contributed by atoms with E-state index in [-0.39, 0.29) is 17.6 Å². The van der Waals surface area contributed by atoms with Crippen LogP contribution in [0.4, 0.5) is 0 Å². The molecule has 2 aromatic carbocycles. The van der Waals surface area contributed by atoms with Gasteiger partial charge in [-0.15, -0.1) is 0 Å². The van der Waals surface area contributed by atoms with Crippen molar-refractivity contribution in [2.24, 2.45) is 5.92 Å². The molecule has 1 aliphatic heterocycles. The van der Waals surface area contributed by atoms with Gasteiger partial charge in [0.2, 0.25) is 0 Å². The van der Waals surface area contributed by atoms with Gasteiger partial charge in [-0.05, 0) is 55.7 Å². The molecule has 0 radical (unpaired) electrons. The molecule has 0 atom stereocenters. The molecule has 3 nitrogen and oxygen atoms in total. The number of ketones is 1. The summed E-state index contributed by atoms with van der Waals surface area (Å²) in [6.07, 6.45) is 1.41. The Bertz CT molecular complexity index is 746. The van der Waals surface area contributed by atoms with Crippen LogP contribution in [0.5, 0.6) is 0 Å². The number of carbonyl (C=O) groups is 2. The first-order chi connectivity index (χ1) is 11.6. The Hall–Kier alpha value is -2.13. The Labute approximate surface area is 147 Å². The number of nitrogens with zero attached hydrogens (tertiary/aromatic N) is 1. The van der Waals surface area contributed by atoms with E-state index in [1.165, 1.54) is 0 Å². The Kier molecular flexibility index (Phi) is 5.00. The van der Waals surface area contributed by atoms with Crippen molar-refractivity contribution in [2.75, 3.05) is 13.1 Å². The van der Waals surface area contributed by atoms with Crippen molar-refractivity contribution in [2.45, 2.75) is 19.8 Å². The zero-order chi connectivity index (χ0) is 17.1. The van der Waals surface area contributed by atoms with E-state index in [1.807, 2.05) is 36.1 Å². The predicted octanol–water partition coefficient (Wildman–Crippen LogP) is 4.38. The molecule has 1 aliphatic rings. The third kappa shape index (κ3) is 3.51. The highest BCUT2D eigenvalue weighted by Gasteiger charge is 2.28. The second-order valence-electron chi connectivity index (χ2n) is 6.25. The van der Waals surface area contributed by atoms with Crippen molar-refractivity contribution >= 4 is 23.3 Å². The molecule has 0 bridgehead atoms. The van der Waals surface area contributed by atoms with Crippen molar-refractivity contribution in [1.29, 1.82) is 0 Å². The monoisotopic (exact) mass is 341 g/mol. The normalized spacial score (nSPS) is 15.3. The minimum absolute atomic E-state index is 0.0212. The van der Waals surface area contributed by atoms with Crippen molar-refractivity contribution in [3.8, 4) is 0 Å². The van der Waals surface area contributed by atoms with Crippen molar-refractivity contribution in [3.63, 3.8) is 0 Å². The lowest BCUT2D eigenvalue weighted by molar-refractivity contribution is 0.0649. The van der Waals surface area contributed by atoms with E-state index < -0.39 is 0 Å². The highest BCUT2D eigenvalue weighted by atomic mass is 35.5. The Morgan fingerprint density at radius 3 is 2.25 bits per heavy atom. The first-order valence-corrected chi connectivity index (χ1v) is 8.59. The molecule has 0 spiro atoms. The molecule has 1 saturated heterocycles. The fraction of sp³-hybridized carbons (Fsp3) is 0.300. The number of Topliss-reactive ketones (excluding diaryl/α,β-unsaturated/α-hetero) is 1. The lowest BCUT2D eigenvalue weighted by atomic mass is 9.88. The molecular formula is C20H20ClNO2. The van der Waals surface area contributed by atoms with E-state index in [0.29, 0.717) is 36.5 Å². The van der Waals surface area contributed by atoms with Gasteiger partial charge >= 0.3 is 0 Å². The van der Waals surface area contributed by atoms with Gasteiger partial charge in [-0.3, -0.25) is 9.59 Å². The number of likely N-dealkylation sites (tertiary alicyclic amines) is 1. The zero-order valence-electron chi connectivity index (χ0n) is 13.7. The molecule has 0 N–H and O–H groups in total. The van der Waals surface area contributed by atoms with Crippen molar-refractivity contribution in [1.82, 2.24) is 4.90 Å². The fourth-order valence-corrected chi connectivity index (χ4v) is 3.30. The molecule has 0 unspecified atom stereocenters. The van der Waals surface area contributed by atoms with E-state index >= 15 is 0 Å². The second-order valence-corrected chi connectivity index (χ2v) is 6.69. The fourth-order valence-electron chi connectivity index (χ4n) is 3.18. The summed E-state index contributed by atoms with van der Waals surface area (Å²) in [6.45, 7) is 3.19. The van der Waals surface area contributed by atoms with E-state index in [4.69, 9.17) is 11.6 Å². The molecule has 1 fully saturated rings. The average Bonchev–Trinajstić information content (AvgIpc) is 2.62. The van der Waals surface area contributed by atoms with Crippen LogP contribution in [0, 0.1) is 12.8 Å². The number of halogens is 1. The van der Waals surface area contributed by atoms with Gasteiger partial charge in [0.05, 0.1) is 0 Å². The number of hydrogen-bond acceptors (Lipinski definition) is 2. The topological polar surface area (TPSA) is 37.4 Å². The first kappa shape index (κ1) is 16.7. The summed E-state index contributed by atoms with van der Waals surface area (Å²) in [6, 6.07) is 14.7. The minimum Gasteiger partial charge on any atom is -0.339 e. The molecule has 4 heteroatoms. The number of piperidine rings is 1. The summed E-state index contributed by atoms with van der Waals surface area (Å²) in [5.41, 5.74) is 2.44. The number of rotatable bonds is 3. The van der Waals surface area contributed by atoms with Crippen LogP contribution < -0.4 is 0 Å². The predicted molar refractivity (Wildman–Crippen MR) is 95.6 cm³/mol. The maximum absolute atomic E-state index is 12.6. The van der Waals surface area contributed by atoms with Gasteiger partial charge in [0.1, 0.15) is 0 Å². The zero-order valence-corrected chi connectivity index (χ0v) is 14.4. The lowest BCUT2D eigenvalue weighted by Crippen LogP contribution is -2.40. The average molecular weight is 342 g/mol. The van der Waals surface area contributed by atoms with E-state index in [2.05, 4.69) is 0 Å². The van der Waals surface area contributed by atoms with Crippen LogP contribution in [-0.4, -0.2) is 29.7 Å². The van der Waals surface area contributed by atoms with Gasteiger partial charge in [0.25, 0.3) is 5.91 Å². The summed E-state index contributed by atoms with van der Waals surface area (Å²) in [4.78, 5) is 27.1. The van der Waals surface area contributed by atoms with Crippen LogP contribution in [0.25, 0.3) is 0 Å². The lowest BCUT2D eigenvalue weighted by Gasteiger charge is -2.31. The van der Waals surface area contributed by atoms with Crippen molar-refractivity contribution < 1.29 is 9.59 Å². The summed E-state index contributed by atoms with van der Waals surface area (Å²) < 4.78 is 0. The van der Waals surface area contributed by atoms with Crippen molar-refractivity contribution in [3.05, 3.63) is 70.2 Å². The van der Waals surface area contributed by atoms with E-state index in [9.17, 15) is 9.59 Å². The Balaban J connectivity index is 1.63. The van der Waals surface area contributed by atoms with Crippen LogP contribution >= 0.6 is 11.6 Å². The maximum Gasteiger partial charge on any atom is 0.254 e. The highest BCUT2D eigenvalue weighted by molar-refractivity contribution is 6.30. The third-order valence-electron chi connectivity index (χ3n) is 4.66. The van der Waals surface area contributed by atoms with Crippen LogP contribution in [0.3, 0.4) is 0 Å². The largest absolute Gasteiger partial charge is 0.339 e. The molecule has 1 amide bonds. The van der Waals surface area contributed by atoms with Crippen LogP contribution in [0.1, 0.15) is 39.1 Å².